The maximum absolute atomic E-state index is 11.6. The molecule has 0 unspecified atom stereocenters. The van der Waals surface area contributed by atoms with Crippen molar-refractivity contribution in [3.63, 3.8) is 0 Å². The summed E-state index contributed by atoms with van der Waals surface area (Å²) in [4.78, 5) is 12.7. The van der Waals surface area contributed by atoms with Gasteiger partial charge in [-0.1, -0.05) is 35.9 Å². The summed E-state index contributed by atoms with van der Waals surface area (Å²) >= 11 is 7.61. The highest BCUT2D eigenvalue weighted by molar-refractivity contribution is 7.09. The van der Waals surface area contributed by atoms with Crippen LogP contribution in [0.1, 0.15) is 10.4 Å². The van der Waals surface area contributed by atoms with Crippen molar-refractivity contribution in [1.29, 1.82) is 0 Å². The third kappa shape index (κ3) is 3.72. The summed E-state index contributed by atoms with van der Waals surface area (Å²) in [5.41, 5.74) is 0.838. The number of amides is 1. The maximum atomic E-state index is 11.6. The predicted octanol–water partition coefficient (Wildman–Crippen LogP) is 3.73. The zero-order chi connectivity index (χ0) is 12.8. The molecule has 4 heteroatoms. The van der Waals surface area contributed by atoms with Crippen molar-refractivity contribution in [3.05, 3.63) is 63.3 Å². The first kappa shape index (κ1) is 12.9. The van der Waals surface area contributed by atoms with Gasteiger partial charge in [0, 0.05) is 16.0 Å². The van der Waals surface area contributed by atoms with E-state index in [0.29, 0.717) is 11.6 Å². The molecule has 1 heterocycles. The second-order valence-electron chi connectivity index (χ2n) is 3.65. The average Bonchev–Trinajstić information content (AvgIpc) is 2.88. The van der Waals surface area contributed by atoms with Gasteiger partial charge in [0.25, 0.3) is 0 Å². The van der Waals surface area contributed by atoms with E-state index in [1.165, 1.54) is 6.08 Å². The Hall–Kier alpha value is -1.58. The van der Waals surface area contributed by atoms with E-state index in [4.69, 9.17) is 11.6 Å². The van der Waals surface area contributed by atoms with Crippen molar-refractivity contribution in [1.82, 2.24) is 5.32 Å². The van der Waals surface area contributed by atoms with Crippen LogP contribution in [0.2, 0.25) is 5.02 Å². The molecule has 1 aromatic heterocycles. The summed E-state index contributed by atoms with van der Waals surface area (Å²) in [6, 6.07) is 11.4. The van der Waals surface area contributed by atoms with Crippen molar-refractivity contribution >= 4 is 34.9 Å². The SMILES string of the molecule is O=C(/C=C/c1ccccc1Cl)NCc1cccs1. The molecule has 2 rings (SSSR count). The van der Waals surface area contributed by atoms with Crippen molar-refractivity contribution in [2.45, 2.75) is 6.54 Å². The Morgan fingerprint density at radius 1 is 1.28 bits per heavy atom. The van der Waals surface area contributed by atoms with Crippen LogP contribution in [0, 0.1) is 0 Å². The summed E-state index contributed by atoms with van der Waals surface area (Å²) < 4.78 is 0. The Balaban J connectivity index is 1.89. The number of carbonyl (C=O) groups excluding carboxylic acids is 1. The topological polar surface area (TPSA) is 29.1 Å². The van der Waals surface area contributed by atoms with E-state index in [1.807, 2.05) is 35.7 Å². The molecule has 0 fully saturated rings. The third-order valence-electron chi connectivity index (χ3n) is 2.34. The van der Waals surface area contributed by atoms with Crippen LogP contribution in [0.25, 0.3) is 6.08 Å². The molecule has 0 aliphatic carbocycles. The molecule has 1 amide bonds. The van der Waals surface area contributed by atoms with E-state index >= 15 is 0 Å². The zero-order valence-corrected chi connectivity index (χ0v) is 11.2. The first-order valence-electron chi connectivity index (χ1n) is 5.48. The van der Waals surface area contributed by atoms with Crippen LogP contribution in [-0.2, 0) is 11.3 Å². The largest absolute Gasteiger partial charge is 0.348 e. The molecular weight excluding hydrogens is 266 g/mol. The minimum absolute atomic E-state index is 0.122. The number of rotatable bonds is 4. The molecular formula is C14H12ClNOS. The molecule has 0 saturated heterocycles. The monoisotopic (exact) mass is 277 g/mol. The molecule has 1 aromatic carbocycles. The number of carbonyl (C=O) groups is 1. The van der Waals surface area contributed by atoms with E-state index in [9.17, 15) is 4.79 Å². The Morgan fingerprint density at radius 3 is 2.83 bits per heavy atom. The standard InChI is InChI=1S/C14H12ClNOS/c15-13-6-2-1-4-11(13)7-8-14(17)16-10-12-5-3-9-18-12/h1-9H,10H2,(H,16,17)/b8-7+. The molecule has 2 nitrogen and oxygen atoms in total. The summed E-state index contributed by atoms with van der Waals surface area (Å²) in [6.45, 7) is 0.559. The lowest BCUT2D eigenvalue weighted by Gasteiger charge is -1.99. The summed E-state index contributed by atoms with van der Waals surface area (Å²) in [6.07, 6.45) is 3.21. The van der Waals surface area contributed by atoms with Gasteiger partial charge < -0.3 is 5.32 Å². The highest BCUT2D eigenvalue weighted by Crippen LogP contribution is 2.16. The second-order valence-corrected chi connectivity index (χ2v) is 5.09. The number of thiophene rings is 1. The number of nitrogens with one attached hydrogen (secondary N) is 1. The second kappa shape index (κ2) is 6.38. The minimum atomic E-state index is -0.122. The fourth-order valence-corrected chi connectivity index (χ4v) is 2.27. The van der Waals surface area contributed by atoms with Crippen molar-refractivity contribution in [2.24, 2.45) is 0 Å². The fourth-order valence-electron chi connectivity index (χ4n) is 1.42. The lowest BCUT2D eigenvalue weighted by molar-refractivity contribution is -0.116. The van der Waals surface area contributed by atoms with Gasteiger partial charge in [0.05, 0.1) is 6.54 Å². The van der Waals surface area contributed by atoms with Crippen molar-refractivity contribution in [2.75, 3.05) is 0 Å². The summed E-state index contributed by atoms with van der Waals surface area (Å²) in [7, 11) is 0. The Bertz CT molecular complexity index is 549. The first-order valence-corrected chi connectivity index (χ1v) is 6.74. The molecule has 0 aliphatic rings. The van der Waals surface area contributed by atoms with Crippen molar-refractivity contribution in [3.8, 4) is 0 Å². The summed E-state index contributed by atoms with van der Waals surface area (Å²) in [5.74, 6) is -0.122. The normalized spacial score (nSPS) is 10.7. The highest BCUT2D eigenvalue weighted by atomic mass is 35.5. The van der Waals surface area contributed by atoms with E-state index in [2.05, 4.69) is 5.32 Å². The molecule has 0 aliphatic heterocycles. The van der Waals surface area contributed by atoms with E-state index in [-0.39, 0.29) is 5.91 Å². The first-order chi connectivity index (χ1) is 8.75. The maximum Gasteiger partial charge on any atom is 0.244 e. The Labute approximate surface area is 115 Å². The quantitative estimate of drug-likeness (QED) is 0.848. The van der Waals surface area contributed by atoms with Gasteiger partial charge in [-0.3, -0.25) is 4.79 Å². The molecule has 1 N–H and O–H groups in total. The van der Waals surface area contributed by atoms with Crippen LogP contribution in [0.4, 0.5) is 0 Å². The van der Waals surface area contributed by atoms with Crippen LogP contribution in [0.5, 0.6) is 0 Å². The van der Waals surface area contributed by atoms with E-state index < -0.39 is 0 Å². The van der Waals surface area contributed by atoms with Crippen LogP contribution < -0.4 is 5.32 Å². The number of hydrogen-bond acceptors (Lipinski definition) is 2. The van der Waals surface area contributed by atoms with Gasteiger partial charge in [0.15, 0.2) is 0 Å². The molecule has 18 heavy (non-hydrogen) atoms. The van der Waals surface area contributed by atoms with Gasteiger partial charge in [-0.25, -0.2) is 0 Å². The smallest absolute Gasteiger partial charge is 0.244 e. The van der Waals surface area contributed by atoms with E-state index in [0.717, 1.165) is 10.4 Å². The van der Waals surface area contributed by atoms with Crippen LogP contribution in [-0.4, -0.2) is 5.91 Å². The van der Waals surface area contributed by atoms with Crippen LogP contribution >= 0.6 is 22.9 Å². The predicted molar refractivity (Wildman–Crippen MR) is 76.7 cm³/mol. The fraction of sp³-hybridized carbons (Fsp3) is 0.0714. The van der Waals surface area contributed by atoms with Crippen LogP contribution in [0.15, 0.2) is 47.9 Å². The van der Waals surface area contributed by atoms with Gasteiger partial charge in [-0.2, -0.15) is 0 Å². The lowest BCUT2D eigenvalue weighted by Crippen LogP contribution is -2.19. The minimum Gasteiger partial charge on any atom is -0.348 e. The number of hydrogen-bond donors (Lipinski definition) is 1. The van der Waals surface area contributed by atoms with E-state index in [1.54, 1.807) is 23.5 Å². The Kier molecular flexibility index (Phi) is 4.56. The number of benzene rings is 1. The number of halogens is 1. The van der Waals surface area contributed by atoms with Gasteiger partial charge in [-0.15, -0.1) is 11.3 Å². The average molecular weight is 278 g/mol. The molecule has 0 bridgehead atoms. The zero-order valence-electron chi connectivity index (χ0n) is 9.60. The molecule has 0 saturated carbocycles. The third-order valence-corrected chi connectivity index (χ3v) is 3.56. The van der Waals surface area contributed by atoms with Gasteiger partial charge >= 0.3 is 0 Å². The Morgan fingerprint density at radius 2 is 2.11 bits per heavy atom. The molecule has 0 atom stereocenters. The molecule has 92 valence electrons. The molecule has 0 radical (unpaired) electrons. The van der Waals surface area contributed by atoms with Gasteiger partial charge in [0.2, 0.25) is 5.91 Å². The lowest BCUT2D eigenvalue weighted by atomic mass is 10.2. The van der Waals surface area contributed by atoms with Crippen molar-refractivity contribution < 1.29 is 4.79 Å². The molecule has 0 spiro atoms. The highest BCUT2D eigenvalue weighted by Gasteiger charge is 1.98. The summed E-state index contributed by atoms with van der Waals surface area (Å²) in [5, 5.41) is 5.44. The van der Waals surface area contributed by atoms with Crippen LogP contribution in [0.3, 0.4) is 0 Å². The molecule has 2 aromatic rings. The van der Waals surface area contributed by atoms with Gasteiger partial charge in [0.1, 0.15) is 0 Å². The van der Waals surface area contributed by atoms with Gasteiger partial charge in [-0.05, 0) is 29.2 Å².